The van der Waals surface area contributed by atoms with Gasteiger partial charge in [-0.2, -0.15) is 0 Å². The van der Waals surface area contributed by atoms with Crippen LogP contribution in [0.25, 0.3) is 11.0 Å². The van der Waals surface area contributed by atoms with E-state index >= 15 is 0 Å². The first kappa shape index (κ1) is 21.9. The monoisotopic (exact) mass is 447 g/mol. The third kappa shape index (κ3) is 5.29. The zero-order chi connectivity index (χ0) is 22.3. The van der Waals surface area contributed by atoms with Crippen molar-refractivity contribution < 1.29 is 9.53 Å². The van der Waals surface area contributed by atoms with Crippen molar-refractivity contribution in [3.63, 3.8) is 0 Å². The number of hydrogen-bond donors (Lipinski definition) is 1. The summed E-state index contributed by atoms with van der Waals surface area (Å²) >= 11 is 6.19. The van der Waals surface area contributed by atoms with Crippen molar-refractivity contribution in [2.75, 3.05) is 13.2 Å². The van der Waals surface area contributed by atoms with E-state index in [4.69, 9.17) is 21.3 Å². The van der Waals surface area contributed by atoms with Crippen molar-refractivity contribution in [3.8, 4) is 5.75 Å². The maximum absolute atomic E-state index is 12.4. The minimum absolute atomic E-state index is 0.0176. The zero-order valence-electron chi connectivity index (χ0n) is 18.1. The number of nitrogens with zero attached hydrogens (tertiary/aromatic N) is 2. The Morgan fingerprint density at radius 3 is 2.62 bits per heavy atom. The number of para-hydroxylation sites is 3. The molecule has 0 aliphatic rings. The molecular formula is C26H26ClN3O2. The Morgan fingerprint density at radius 1 is 1.03 bits per heavy atom. The van der Waals surface area contributed by atoms with Crippen LogP contribution < -0.4 is 10.1 Å². The largest absolute Gasteiger partial charge is 0.490 e. The number of halogens is 1. The fraction of sp³-hybridized carbons (Fsp3) is 0.231. The van der Waals surface area contributed by atoms with Crippen molar-refractivity contribution in [1.29, 1.82) is 0 Å². The zero-order valence-corrected chi connectivity index (χ0v) is 18.8. The van der Waals surface area contributed by atoms with Crippen LogP contribution in [0, 0.1) is 6.92 Å². The summed E-state index contributed by atoms with van der Waals surface area (Å²) in [4.78, 5) is 17.2. The number of imidazole rings is 1. The highest BCUT2D eigenvalue weighted by Gasteiger charge is 2.12. The SMILES string of the molecule is Cc1ccccc1CC(=O)NCCc1nc2ccccc2n1CCOc1ccccc1Cl. The molecule has 0 fully saturated rings. The third-order valence-corrected chi connectivity index (χ3v) is 5.74. The number of rotatable bonds is 9. The number of nitrogens with one attached hydrogen (secondary N) is 1. The van der Waals surface area contributed by atoms with Gasteiger partial charge >= 0.3 is 0 Å². The van der Waals surface area contributed by atoms with Crippen LogP contribution in [0.3, 0.4) is 0 Å². The Kier molecular flexibility index (Phi) is 7.07. The average Bonchev–Trinajstić information content (AvgIpc) is 3.14. The van der Waals surface area contributed by atoms with E-state index in [9.17, 15) is 4.79 Å². The van der Waals surface area contributed by atoms with Crippen LogP contribution in [0.15, 0.2) is 72.8 Å². The molecule has 0 atom stereocenters. The molecule has 0 unspecified atom stereocenters. The van der Waals surface area contributed by atoms with E-state index in [1.807, 2.05) is 73.7 Å². The quantitative estimate of drug-likeness (QED) is 0.393. The predicted molar refractivity (Wildman–Crippen MR) is 128 cm³/mol. The number of benzene rings is 3. The maximum atomic E-state index is 12.4. The Bertz CT molecular complexity index is 1220. The van der Waals surface area contributed by atoms with Crippen LogP contribution in [-0.4, -0.2) is 28.6 Å². The number of hydrogen-bond acceptors (Lipinski definition) is 3. The molecule has 5 nitrogen and oxygen atoms in total. The number of aromatic nitrogens is 2. The molecule has 3 aromatic carbocycles. The van der Waals surface area contributed by atoms with Gasteiger partial charge in [0, 0.05) is 13.0 Å². The lowest BCUT2D eigenvalue weighted by Gasteiger charge is -2.12. The topological polar surface area (TPSA) is 56.2 Å². The second kappa shape index (κ2) is 10.3. The lowest BCUT2D eigenvalue weighted by Crippen LogP contribution is -2.28. The van der Waals surface area contributed by atoms with E-state index in [2.05, 4.69) is 16.0 Å². The Balaban J connectivity index is 1.39. The molecule has 164 valence electrons. The fourth-order valence-electron chi connectivity index (χ4n) is 3.73. The van der Waals surface area contributed by atoms with Gasteiger partial charge in [-0.3, -0.25) is 4.79 Å². The van der Waals surface area contributed by atoms with Crippen LogP contribution in [-0.2, 0) is 24.2 Å². The van der Waals surface area contributed by atoms with E-state index in [1.54, 1.807) is 0 Å². The molecule has 0 spiro atoms. The molecular weight excluding hydrogens is 422 g/mol. The van der Waals surface area contributed by atoms with Crippen molar-refractivity contribution in [1.82, 2.24) is 14.9 Å². The van der Waals surface area contributed by atoms with Gasteiger partial charge in [-0.1, -0.05) is 60.1 Å². The van der Waals surface area contributed by atoms with E-state index < -0.39 is 0 Å². The lowest BCUT2D eigenvalue weighted by molar-refractivity contribution is -0.120. The molecule has 0 bridgehead atoms. The van der Waals surface area contributed by atoms with Gasteiger partial charge in [-0.25, -0.2) is 4.98 Å². The summed E-state index contributed by atoms with van der Waals surface area (Å²) in [6, 6.07) is 23.5. The van der Waals surface area contributed by atoms with Crippen molar-refractivity contribution in [2.24, 2.45) is 0 Å². The lowest BCUT2D eigenvalue weighted by atomic mass is 10.1. The molecule has 1 aromatic heterocycles. The second-order valence-corrected chi connectivity index (χ2v) is 8.06. The van der Waals surface area contributed by atoms with Crippen molar-refractivity contribution >= 4 is 28.5 Å². The van der Waals surface area contributed by atoms with E-state index in [-0.39, 0.29) is 5.91 Å². The molecule has 0 radical (unpaired) electrons. The number of carbonyl (C=O) groups excluding carboxylic acids is 1. The summed E-state index contributed by atoms with van der Waals surface area (Å²) in [5, 5.41) is 3.62. The highest BCUT2D eigenvalue weighted by Crippen LogP contribution is 2.23. The summed E-state index contributed by atoms with van der Waals surface area (Å²) in [5.41, 5.74) is 4.17. The standard InChI is InChI=1S/C26H26ClN3O2/c1-19-8-2-3-9-20(19)18-26(31)28-15-14-25-29-22-11-5-6-12-23(22)30(25)16-17-32-24-13-7-4-10-21(24)27/h2-13H,14-18H2,1H3,(H,28,31). The van der Waals surface area contributed by atoms with Gasteiger partial charge in [-0.15, -0.1) is 0 Å². The van der Waals surface area contributed by atoms with E-state index in [0.717, 1.165) is 28.0 Å². The fourth-order valence-corrected chi connectivity index (χ4v) is 3.92. The van der Waals surface area contributed by atoms with Gasteiger partial charge < -0.3 is 14.6 Å². The molecule has 32 heavy (non-hydrogen) atoms. The molecule has 0 saturated heterocycles. The number of aryl methyl sites for hydroxylation is 1. The Labute approximate surface area is 193 Å². The molecule has 1 N–H and O–H groups in total. The summed E-state index contributed by atoms with van der Waals surface area (Å²) < 4.78 is 8.04. The highest BCUT2D eigenvalue weighted by atomic mass is 35.5. The minimum Gasteiger partial charge on any atom is -0.490 e. The van der Waals surface area contributed by atoms with Crippen molar-refractivity contribution in [2.45, 2.75) is 26.3 Å². The molecule has 0 aliphatic carbocycles. The number of fused-ring (bicyclic) bond motifs is 1. The molecule has 1 amide bonds. The molecule has 1 heterocycles. The normalized spacial score (nSPS) is 10.9. The Morgan fingerprint density at radius 2 is 1.78 bits per heavy atom. The number of carbonyl (C=O) groups is 1. The molecule has 4 rings (SSSR count). The van der Waals surface area contributed by atoms with Crippen LogP contribution in [0.2, 0.25) is 5.02 Å². The molecule has 4 aromatic rings. The van der Waals surface area contributed by atoms with Gasteiger partial charge in [0.1, 0.15) is 18.2 Å². The minimum atomic E-state index is 0.0176. The first-order valence-corrected chi connectivity index (χ1v) is 11.1. The maximum Gasteiger partial charge on any atom is 0.224 e. The third-order valence-electron chi connectivity index (χ3n) is 5.43. The van der Waals surface area contributed by atoms with Crippen LogP contribution in [0.5, 0.6) is 5.75 Å². The van der Waals surface area contributed by atoms with Crippen LogP contribution >= 0.6 is 11.6 Å². The van der Waals surface area contributed by atoms with Gasteiger partial charge in [0.2, 0.25) is 5.91 Å². The summed E-state index contributed by atoms with van der Waals surface area (Å²) in [5.74, 6) is 1.61. The second-order valence-electron chi connectivity index (χ2n) is 7.65. The van der Waals surface area contributed by atoms with Gasteiger partial charge in [0.05, 0.1) is 29.0 Å². The van der Waals surface area contributed by atoms with Gasteiger partial charge in [-0.05, 0) is 42.3 Å². The van der Waals surface area contributed by atoms with E-state index in [1.165, 1.54) is 0 Å². The predicted octanol–water partition coefficient (Wildman–Crippen LogP) is 4.98. The summed E-state index contributed by atoms with van der Waals surface area (Å²) in [6.45, 7) is 3.66. The first-order valence-electron chi connectivity index (χ1n) is 10.7. The summed E-state index contributed by atoms with van der Waals surface area (Å²) in [6.07, 6.45) is 1.02. The van der Waals surface area contributed by atoms with Crippen LogP contribution in [0.1, 0.15) is 17.0 Å². The average molecular weight is 448 g/mol. The first-order chi connectivity index (χ1) is 15.6. The number of amides is 1. The molecule has 0 saturated carbocycles. The number of ether oxygens (including phenoxy) is 1. The van der Waals surface area contributed by atoms with Crippen LogP contribution in [0.4, 0.5) is 0 Å². The molecule has 6 heteroatoms. The van der Waals surface area contributed by atoms with Gasteiger partial charge in [0.15, 0.2) is 0 Å². The smallest absolute Gasteiger partial charge is 0.224 e. The Hall–Kier alpha value is -3.31. The summed E-state index contributed by atoms with van der Waals surface area (Å²) in [7, 11) is 0. The van der Waals surface area contributed by atoms with Crippen molar-refractivity contribution in [3.05, 3.63) is 94.8 Å². The molecule has 0 aliphatic heterocycles. The van der Waals surface area contributed by atoms with Gasteiger partial charge in [0.25, 0.3) is 0 Å². The van der Waals surface area contributed by atoms with E-state index in [0.29, 0.717) is 43.3 Å². The highest BCUT2D eigenvalue weighted by molar-refractivity contribution is 6.32.